The predicted octanol–water partition coefficient (Wildman–Crippen LogP) is 4.25. The number of nitrogens with one attached hydrogen (secondary N) is 1. The molecule has 0 aliphatic carbocycles. The van der Waals surface area contributed by atoms with Crippen molar-refractivity contribution < 1.29 is 9.36 Å². The lowest BCUT2D eigenvalue weighted by atomic mass is 10.1. The lowest BCUT2D eigenvalue weighted by Gasteiger charge is -2.25. The molecule has 1 aromatic carbocycles. The van der Waals surface area contributed by atoms with Gasteiger partial charge >= 0.3 is 0 Å². The van der Waals surface area contributed by atoms with Crippen LogP contribution in [0.4, 0.5) is 0 Å². The maximum absolute atomic E-state index is 3.33. The van der Waals surface area contributed by atoms with E-state index in [9.17, 15) is 0 Å². The third-order valence-corrected chi connectivity index (χ3v) is 4.50. The highest BCUT2D eigenvalue weighted by atomic mass is 15.4. The van der Waals surface area contributed by atoms with Crippen LogP contribution in [0.1, 0.15) is 53.6 Å². The highest BCUT2D eigenvalue weighted by molar-refractivity contribution is 5.58. The molecule has 0 bridgehead atoms. The zero-order valence-electron chi connectivity index (χ0n) is 19.5. The molecule has 1 aliphatic rings. The van der Waals surface area contributed by atoms with Gasteiger partial charge in [0, 0.05) is 24.2 Å². The SMILES string of the molecule is CC.CCC.CCn1c(-c2ccccc2)cc[n+]1C.C[n+]1cccn1C1CCN1. The lowest BCUT2D eigenvalue weighted by Crippen LogP contribution is -2.50. The third-order valence-electron chi connectivity index (χ3n) is 4.50. The van der Waals surface area contributed by atoms with Crippen LogP contribution in [0.15, 0.2) is 61.1 Å². The summed E-state index contributed by atoms with van der Waals surface area (Å²) in [4.78, 5) is 0. The quantitative estimate of drug-likeness (QED) is 0.656. The van der Waals surface area contributed by atoms with Crippen LogP contribution in [0.2, 0.25) is 0 Å². The van der Waals surface area contributed by atoms with E-state index < -0.39 is 0 Å². The zero-order chi connectivity index (χ0) is 21.6. The Balaban J connectivity index is 0.000000245. The molecule has 3 heterocycles. The molecule has 4 rings (SSSR count). The van der Waals surface area contributed by atoms with Gasteiger partial charge in [-0.2, -0.15) is 4.68 Å². The summed E-state index contributed by atoms with van der Waals surface area (Å²) in [7, 11) is 4.12. The topological polar surface area (TPSA) is 29.6 Å². The van der Waals surface area contributed by atoms with E-state index in [1.807, 2.05) is 19.9 Å². The van der Waals surface area contributed by atoms with Gasteiger partial charge in [-0.3, -0.25) is 5.32 Å². The number of benzene rings is 1. The standard InChI is InChI=1S/C12H15N2.C7H12N3.C3H8.C2H6/c1-3-14-12(9-10-13(14)2)11-7-5-4-6-8-11;1-9-5-2-6-10(9)7-3-4-8-7;1-3-2;1-2/h4-10H,3H2,1-2H3;2,5-8H,3-4H2,1H3;3H2,1-2H3;1-2H3/q2*+1;;. The molecule has 0 amide bonds. The van der Waals surface area contributed by atoms with Crippen LogP contribution >= 0.6 is 0 Å². The van der Waals surface area contributed by atoms with Crippen LogP contribution in [0.5, 0.6) is 0 Å². The first-order chi connectivity index (χ1) is 14.1. The highest BCUT2D eigenvalue weighted by Crippen LogP contribution is 2.16. The molecule has 2 aromatic heterocycles. The molecule has 0 spiro atoms. The van der Waals surface area contributed by atoms with E-state index in [4.69, 9.17) is 0 Å². The average molecular weight is 400 g/mol. The van der Waals surface area contributed by atoms with Gasteiger partial charge in [-0.1, -0.05) is 64.4 Å². The van der Waals surface area contributed by atoms with Crippen molar-refractivity contribution in [1.29, 1.82) is 0 Å². The van der Waals surface area contributed by atoms with E-state index >= 15 is 0 Å². The molecule has 1 N–H and O–H groups in total. The van der Waals surface area contributed by atoms with E-state index in [0.29, 0.717) is 6.17 Å². The summed E-state index contributed by atoms with van der Waals surface area (Å²) in [6, 6.07) is 14.7. The number of hydrogen-bond donors (Lipinski definition) is 1. The molecule has 5 heteroatoms. The van der Waals surface area contributed by atoms with Crippen LogP contribution in [0, 0.1) is 0 Å². The molecule has 1 unspecified atom stereocenters. The van der Waals surface area contributed by atoms with Crippen molar-refractivity contribution in [3.8, 4) is 11.3 Å². The van der Waals surface area contributed by atoms with Crippen molar-refractivity contribution in [2.24, 2.45) is 14.1 Å². The Labute approximate surface area is 177 Å². The zero-order valence-corrected chi connectivity index (χ0v) is 19.5. The molecule has 0 saturated carbocycles. The van der Waals surface area contributed by atoms with Crippen molar-refractivity contribution in [1.82, 2.24) is 14.7 Å². The summed E-state index contributed by atoms with van der Waals surface area (Å²) in [6.45, 7) is 12.6. The van der Waals surface area contributed by atoms with Gasteiger partial charge in [-0.25, -0.2) is 0 Å². The summed E-state index contributed by atoms with van der Waals surface area (Å²) in [6.07, 6.45) is 9.28. The average Bonchev–Trinajstić information content (AvgIpc) is 3.29. The van der Waals surface area contributed by atoms with Gasteiger partial charge < -0.3 is 0 Å². The molecule has 0 radical (unpaired) electrons. The fraction of sp³-hybridized carbons (Fsp3) is 0.500. The first kappa shape index (κ1) is 24.6. The van der Waals surface area contributed by atoms with Crippen molar-refractivity contribution in [2.75, 3.05) is 6.54 Å². The summed E-state index contributed by atoms with van der Waals surface area (Å²) < 4.78 is 8.65. The maximum Gasteiger partial charge on any atom is 0.196 e. The van der Waals surface area contributed by atoms with Gasteiger partial charge in [-0.05, 0) is 13.3 Å². The van der Waals surface area contributed by atoms with E-state index in [-0.39, 0.29) is 0 Å². The van der Waals surface area contributed by atoms with Gasteiger partial charge in [0.05, 0.1) is 12.7 Å². The number of nitrogens with zero attached hydrogens (tertiary/aromatic N) is 4. The van der Waals surface area contributed by atoms with E-state index in [2.05, 4.69) is 114 Å². The monoisotopic (exact) mass is 399 g/mol. The summed E-state index contributed by atoms with van der Waals surface area (Å²) >= 11 is 0. The number of aromatic nitrogens is 4. The normalized spacial score (nSPS) is 14.2. The van der Waals surface area contributed by atoms with Crippen molar-refractivity contribution in [3.05, 3.63) is 61.1 Å². The van der Waals surface area contributed by atoms with Crippen LogP contribution in [-0.2, 0) is 20.6 Å². The predicted molar refractivity (Wildman–Crippen MR) is 121 cm³/mol. The van der Waals surface area contributed by atoms with E-state index in [0.717, 1.165) is 13.1 Å². The van der Waals surface area contributed by atoms with Crippen LogP contribution in [0.25, 0.3) is 11.3 Å². The number of rotatable bonds is 3. The second kappa shape index (κ2) is 13.7. The van der Waals surface area contributed by atoms with Crippen molar-refractivity contribution >= 4 is 0 Å². The summed E-state index contributed by atoms with van der Waals surface area (Å²) in [5.41, 5.74) is 2.55. The van der Waals surface area contributed by atoms with E-state index in [1.165, 1.54) is 24.1 Å². The Hall–Kier alpha value is -2.40. The lowest BCUT2D eigenvalue weighted by molar-refractivity contribution is -0.757. The Morgan fingerprint density at radius 1 is 0.931 bits per heavy atom. The largest absolute Gasteiger partial charge is 0.292 e. The van der Waals surface area contributed by atoms with Crippen molar-refractivity contribution in [3.63, 3.8) is 0 Å². The molecule has 1 fully saturated rings. The smallest absolute Gasteiger partial charge is 0.196 e. The van der Waals surface area contributed by atoms with Crippen LogP contribution < -0.4 is 14.7 Å². The summed E-state index contributed by atoms with van der Waals surface area (Å²) in [5.74, 6) is 0. The fourth-order valence-electron chi connectivity index (χ4n) is 3.02. The maximum atomic E-state index is 3.33. The number of hydrogen-bond acceptors (Lipinski definition) is 1. The van der Waals surface area contributed by atoms with E-state index in [1.54, 1.807) is 0 Å². The first-order valence-corrected chi connectivity index (χ1v) is 11.0. The second-order valence-electron chi connectivity index (χ2n) is 6.77. The first-order valence-electron chi connectivity index (χ1n) is 11.0. The Morgan fingerprint density at radius 2 is 1.55 bits per heavy atom. The molecular formula is C24H41N5+2. The molecule has 29 heavy (non-hydrogen) atoms. The fourth-order valence-corrected chi connectivity index (χ4v) is 3.02. The van der Waals surface area contributed by atoms with Gasteiger partial charge in [0.25, 0.3) is 0 Å². The van der Waals surface area contributed by atoms with Gasteiger partial charge in [0.1, 0.15) is 11.9 Å². The van der Waals surface area contributed by atoms with Gasteiger partial charge in [-0.15, -0.1) is 14.0 Å². The third kappa shape index (κ3) is 7.17. The number of aryl methyl sites for hydroxylation is 2. The molecule has 1 aliphatic heterocycles. The molecular weight excluding hydrogens is 358 g/mol. The molecule has 3 aromatic rings. The minimum Gasteiger partial charge on any atom is -0.292 e. The molecule has 5 nitrogen and oxygen atoms in total. The molecule has 1 saturated heterocycles. The Kier molecular flexibility index (Phi) is 11.7. The minimum absolute atomic E-state index is 0.542. The van der Waals surface area contributed by atoms with Crippen LogP contribution in [0.3, 0.4) is 0 Å². The van der Waals surface area contributed by atoms with Gasteiger partial charge in [0.15, 0.2) is 26.5 Å². The van der Waals surface area contributed by atoms with Crippen LogP contribution in [-0.4, -0.2) is 15.9 Å². The Bertz CT molecular complexity index is 785. The van der Waals surface area contributed by atoms with Crippen molar-refractivity contribution in [2.45, 2.75) is 60.2 Å². The Morgan fingerprint density at radius 3 is 2.00 bits per heavy atom. The molecule has 1 atom stereocenters. The highest BCUT2D eigenvalue weighted by Gasteiger charge is 2.22. The second-order valence-corrected chi connectivity index (χ2v) is 6.77. The minimum atomic E-state index is 0.542. The summed E-state index contributed by atoms with van der Waals surface area (Å²) in [5, 5.41) is 3.33. The molecule has 160 valence electrons. The van der Waals surface area contributed by atoms with Gasteiger partial charge in [0.2, 0.25) is 0 Å².